The van der Waals surface area contributed by atoms with E-state index in [0.717, 1.165) is 11.1 Å². The van der Waals surface area contributed by atoms with Gasteiger partial charge in [-0.2, -0.15) is 0 Å². The number of rotatable bonds is 2. The molecule has 0 saturated heterocycles. The standard InChI is InChI=1S/C14H10O2S2/c15-13-11-8-4-5-9-12(11)14(16-13,18-17)10-6-2-1-3-7-10/h1-9,17H. The minimum absolute atomic E-state index is 0.295. The Bertz CT molecular complexity index is 598. The van der Waals surface area contributed by atoms with E-state index in [4.69, 9.17) is 4.74 Å². The number of fused-ring (bicyclic) bond motifs is 1. The van der Waals surface area contributed by atoms with Crippen molar-refractivity contribution in [2.45, 2.75) is 4.93 Å². The molecule has 1 unspecified atom stereocenters. The summed E-state index contributed by atoms with van der Waals surface area (Å²) in [5.41, 5.74) is 2.40. The maximum absolute atomic E-state index is 11.9. The van der Waals surface area contributed by atoms with Gasteiger partial charge in [0.1, 0.15) is 0 Å². The van der Waals surface area contributed by atoms with Gasteiger partial charge in [0.15, 0.2) is 0 Å². The van der Waals surface area contributed by atoms with E-state index in [9.17, 15) is 4.79 Å². The average Bonchev–Trinajstić information content (AvgIpc) is 2.74. The molecule has 0 N–H and O–H groups in total. The number of ether oxygens (including phenoxy) is 1. The van der Waals surface area contributed by atoms with Crippen molar-refractivity contribution in [3.8, 4) is 0 Å². The van der Waals surface area contributed by atoms with Crippen molar-refractivity contribution in [1.82, 2.24) is 0 Å². The lowest BCUT2D eigenvalue weighted by molar-refractivity contribution is 0.0388. The third kappa shape index (κ3) is 1.56. The average molecular weight is 274 g/mol. The van der Waals surface area contributed by atoms with Gasteiger partial charge in [-0.25, -0.2) is 4.79 Å². The Balaban J connectivity index is 2.24. The van der Waals surface area contributed by atoms with Gasteiger partial charge in [-0.15, -0.1) is 11.7 Å². The molecule has 0 bridgehead atoms. The summed E-state index contributed by atoms with van der Waals surface area (Å²) in [7, 11) is 1.23. The van der Waals surface area contributed by atoms with Crippen LogP contribution in [0, 0.1) is 0 Å². The summed E-state index contributed by atoms with van der Waals surface area (Å²) in [4.78, 5) is 11.1. The zero-order chi connectivity index (χ0) is 12.6. The molecule has 0 radical (unpaired) electrons. The molecule has 0 aliphatic carbocycles. The van der Waals surface area contributed by atoms with E-state index in [-0.39, 0.29) is 5.97 Å². The van der Waals surface area contributed by atoms with Crippen LogP contribution in [0.1, 0.15) is 21.5 Å². The normalized spacial score (nSPS) is 21.5. The second-order valence-corrected chi connectivity index (χ2v) is 5.31. The molecule has 1 heterocycles. The highest BCUT2D eigenvalue weighted by Gasteiger charge is 2.46. The first-order chi connectivity index (χ1) is 8.78. The molecule has 2 aromatic rings. The lowest BCUT2D eigenvalue weighted by atomic mass is 9.99. The van der Waals surface area contributed by atoms with Gasteiger partial charge in [-0.1, -0.05) is 48.5 Å². The summed E-state index contributed by atoms with van der Waals surface area (Å²) in [6.45, 7) is 0. The second kappa shape index (κ2) is 4.37. The van der Waals surface area contributed by atoms with Gasteiger partial charge in [-0.05, 0) is 16.9 Å². The van der Waals surface area contributed by atoms with Crippen LogP contribution >= 0.6 is 22.5 Å². The first kappa shape index (κ1) is 11.7. The number of thiol groups is 1. The fourth-order valence-corrected chi connectivity index (χ4v) is 3.53. The summed E-state index contributed by atoms with van der Waals surface area (Å²) < 4.78 is 5.60. The van der Waals surface area contributed by atoms with E-state index in [1.807, 2.05) is 48.5 Å². The predicted octanol–water partition coefficient (Wildman–Crippen LogP) is 3.64. The molecular formula is C14H10O2S2. The molecule has 2 nitrogen and oxygen atoms in total. The van der Waals surface area contributed by atoms with Crippen molar-refractivity contribution in [3.05, 3.63) is 71.3 Å². The van der Waals surface area contributed by atoms with Crippen LogP contribution in [0.3, 0.4) is 0 Å². The number of esters is 1. The predicted molar refractivity (Wildman–Crippen MR) is 75.7 cm³/mol. The van der Waals surface area contributed by atoms with Gasteiger partial charge in [0.2, 0.25) is 4.93 Å². The van der Waals surface area contributed by atoms with E-state index in [1.54, 1.807) is 6.07 Å². The Labute approximate surface area is 114 Å². The molecular weight excluding hydrogens is 264 g/mol. The van der Waals surface area contributed by atoms with Crippen molar-refractivity contribution in [2.75, 3.05) is 0 Å². The fraction of sp³-hybridized carbons (Fsp3) is 0.0714. The van der Waals surface area contributed by atoms with Gasteiger partial charge in [-0.3, -0.25) is 0 Å². The maximum Gasteiger partial charge on any atom is 0.340 e. The smallest absolute Gasteiger partial charge is 0.340 e. The number of carbonyl (C=O) groups is 1. The maximum atomic E-state index is 11.9. The number of carbonyl (C=O) groups excluding carboxylic acids is 1. The SMILES string of the molecule is O=C1OC(SS)(c2ccccc2)c2ccccc21. The molecule has 3 rings (SSSR count). The Morgan fingerprint density at radius 1 is 1.00 bits per heavy atom. The van der Waals surface area contributed by atoms with Gasteiger partial charge >= 0.3 is 5.97 Å². The van der Waals surface area contributed by atoms with Crippen molar-refractivity contribution >= 4 is 28.4 Å². The zero-order valence-electron chi connectivity index (χ0n) is 9.37. The highest BCUT2D eigenvalue weighted by Crippen LogP contribution is 2.51. The van der Waals surface area contributed by atoms with Crippen molar-refractivity contribution in [3.63, 3.8) is 0 Å². The minimum Gasteiger partial charge on any atom is -0.434 e. The van der Waals surface area contributed by atoms with Gasteiger partial charge in [0, 0.05) is 11.1 Å². The number of benzene rings is 2. The van der Waals surface area contributed by atoms with Crippen LogP contribution in [0.15, 0.2) is 54.6 Å². The second-order valence-electron chi connectivity index (χ2n) is 4.01. The van der Waals surface area contributed by atoms with Crippen LogP contribution in [-0.2, 0) is 9.67 Å². The van der Waals surface area contributed by atoms with Crippen LogP contribution in [-0.4, -0.2) is 5.97 Å². The van der Waals surface area contributed by atoms with Crippen LogP contribution in [0.5, 0.6) is 0 Å². The van der Waals surface area contributed by atoms with Crippen molar-refractivity contribution in [2.24, 2.45) is 0 Å². The lowest BCUT2D eigenvalue weighted by Gasteiger charge is -2.26. The summed E-state index contributed by atoms with van der Waals surface area (Å²) in [6, 6.07) is 17.1. The molecule has 0 saturated carbocycles. The van der Waals surface area contributed by atoms with Crippen LogP contribution < -0.4 is 0 Å². The molecule has 1 aliphatic heterocycles. The Morgan fingerprint density at radius 2 is 1.67 bits per heavy atom. The van der Waals surface area contributed by atoms with Crippen LogP contribution in [0.4, 0.5) is 0 Å². The van der Waals surface area contributed by atoms with E-state index in [1.165, 1.54) is 10.8 Å². The molecule has 0 spiro atoms. The van der Waals surface area contributed by atoms with Gasteiger partial charge in [0.25, 0.3) is 0 Å². The molecule has 1 aliphatic rings. The monoisotopic (exact) mass is 274 g/mol. The summed E-state index contributed by atoms with van der Waals surface area (Å²) in [6.07, 6.45) is 0. The highest BCUT2D eigenvalue weighted by atomic mass is 33.1. The topological polar surface area (TPSA) is 26.3 Å². The molecule has 0 aromatic heterocycles. The van der Waals surface area contributed by atoms with E-state index >= 15 is 0 Å². The molecule has 0 amide bonds. The summed E-state index contributed by atoms with van der Waals surface area (Å²) in [5.74, 6) is -0.295. The quantitative estimate of drug-likeness (QED) is 0.514. The minimum atomic E-state index is -0.835. The van der Waals surface area contributed by atoms with Crippen molar-refractivity contribution < 1.29 is 9.53 Å². The third-order valence-electron chi connectivity index (χ3n) is 3.02. The fourth-order valence-electron chi connectivity index (χ4n) is 2.18. The molecule has 90 valence electrons. The molecule has 1 atom stereocenters. The number of cyclic esters (lactones) is 1. The zero-order valence-corrected chi connectivity index (χ0v) is 11.1. The lowest BCUT2D eigenvalue weighted by Crippen LogP contribution is -2.22. The third-order valence-corrected chi connectivity index (χ3v) is 4.59. The van der Waals surface area contributed by atoms with E-state index in [0.29, 0.717) is 5.56 Å². The van der Waals surface area contributed by atoms with E-state index < -0.39 is 4.93 Å². The van der Waals surface area contributed by atoms with Gasteiger partial charge in [0.05, 0.1) is 5.56 Å². The van der Waals surface area contributed by atoms with Gasteiger partial charge < -0.3 is 4.74 Å². The number of hydrogen-bond donors (Lipinski definition) is 1. The molecule has 2 aromatic carbocycles. The molecule has 18 heavy (non-hydrogen) atoms. The highest BCUT2D eigenvalue weighted by molar-refractivity contribution is 8.69. The Hall–Kier alpha value is -1.39. The number of hydrogen-bond acceptors (Lipinski definition) is 4. The largest absolute Gasteiger partial charge is 0.434 e. The Morgan fingerprint density at radius 3 is 2.39 bits per heavy atom. The van der Waals surface area contributed by atoms with Crippen LogP contribution in [0.25, 0.3) is 0 Å². The first-order valence-electron chi connectivity index (χ1n) is 5.49. The van der Waals surface area contributed by atoms with E-state index in [2.05, 4.69) is 11.7 Å². The molecule has 4 heteroatoms. The van der Waals surface area contributed by atoms with Crippen molar-refractivity contribution in [1.29, 1.82) is 0 Å². The van der Waals surface area contributed by atoms with Crippen LogP contribution in [0.2, 0.25) is 0 Å². The summed E-state index contributed by atoms with van der Waals surface area (Å²) in [5, 5.41) is 0. The Kier molecular flexibility index (Phi) is 2.84. The first-order valence-corrected chi connectivity index (χ1v) is 7.36. The summed E-state index contributed by atoms with van der Waals surface area (Å²) >= 11 is 4.32. The molecule has 0 fully saturated rings.